The molecule has 0 unspecified atom stereocenters. The number of carbonyl (C=O) groups excluding carboxylic acids is 1. The van der Waals surface area contributed by atoms with Gasteiger partial charge < -0.3 is 10.1 Å². The van der Waals surface area contributed by atoms with E-state index in [0.29, 0.717) is 0 Å². The Bertz CT molecular complexity index is 919. The summed E-state index contributed by atoms with van der Waals surface area (Å²) in [7, 11) is -2.61. The SMILES string of the molecule is CCO[C@@H]1C[C@H](S(=O)(=O)c2ccc(Br)cc2C(F)(F)F)C[C@H]1C(=O)NC1(NC)CC1. The van der Waals surface area contributed by atoms with Gasteiger partial charge in [-0.15, -0.1) is 0 Å². The Balaban J connectivity index is 1.89. The average molecular weight is 513 g/mol. The van der Waals surface area contributed by atoms with Crippen LogP contribution in [0.4, 0.5) is 13.2 Å². The zero-order valence-electron chi connectivity index (χ0n) is 16.6. The highest BCUT2D eigenvalue weighted by Gasteiger charge is 2.50. The van der Waals surface area contributed by atoms with Gasteiger partial charge in [0, 0.05) is 11.1 Å². The number of benzene rings is 1. The van der Waals surface area contributed by atoms with Crippen molar-refractivity contribution in [1.29, 1.82) is 0 Å². The van der Waals surface area contributed by atoms with E-state index in [2.05, 4.69) is 26.6 Å². The second kappa shape index (κ2) is 8.40. The van der Waals surface area contributed by atoms with Gasteiger partial charge in [-0.05, 0) is 57.9 Å². The van der Waals surface area contributed by atoms with E-state index in [1.807, 2.05) is 0 Å². The molecule has 1 aromatic carbocycles. The molecule has 3 rings (SSSR count). The van der Waals surface area contributed by atoms with Crippen LogP contribution in [0.3, 0.4) is 0 Å². The predicted molar refractivity (Wildman–Crippen MR) is 107 cm³/mol. The third-order valence-electron chi connectivity index (χ3n) is 5.76. The zero-order valence-corrected chi connectivity index (χ0v) is 19.0. The minimum absolute atomic E-state index is 0.0336. The van der Waals surface area contributed by atoms with Crippen LogP contribution in [0.2, 0.25) is 0 Å². The molecule has 30 heavy (non-hydrogen) atoms. The van der Waals surface area contributed by atoms with Crippen molar-refractivity contribution < 1.29 is 31.1 Å². The van der Waals surface area contributed by atoms with Gasteiger partial charge in [-0.3, -0.25) is 10.1 Å². The zero-order chi connectivity index (χ0) is 22.3. The van der Waals surface area contributed by atoms with Gasteiger partial charge in [-0.2, -0.15) is 13.2 Å². The quantitative estimate of drug-likeness (QED) is 0.547. The molecule has 0 aromatic heterocycles. The normalized spacial score (nSPS) is 25.9. The lowest BCUT2D eigenvalue weighted by molar-refractivity contribution is -0.140. The number of amides is 1. The van der Waals surface area contributed by atoms with Crippen molar-refractivity contribution >= 4 is 31.7 Å². The molecule has 2 saturated carbocycles. The third kappa shape index (κ3) is 4.68. The summed E-state index contributed by atoms with van der Waals surface area (Å²) >= 11 is 2.96. The molecule has 168 valence electrons. The fourth-order valence-electron chi connectivity index (χ4n) is 3.92. The van der Waals surface area contributed by atoms with Gasteiger partial charge in [-0.25, -0.2) is 8.42 Å². The highest BCUT2D eigenvalue weighted by molar-refractivity contribution is 9.10. The first kappa shape index (κ1) is 23.5. The minimum Gasteiger partial charge on any atom is -0.378 e. The van der Waals surface area contributed by atoms with Crippen LogP contribution < -0.4 is 10.6 Å². The van der Waals surface area contributed by atoms with E-state index in [1.54, 1.807) is 14.0 Å². The first-order valence-electron chi connectivity index (χ1n) is 9.66. The lowest BCUT2D eigenvalue weighted by Gasteiger charge is -2.23. The number of sulfone groups is 1. The molecule has 2 N–H and O–H groups in total. The van der Waals surface area contributed by atoms with E-state index >= 15 is 0 Å². The first-order chi connectivity index (χ1) is 13.9. The van der Waals surface area contributed by atoms with Crippen LogP contribution in [0.25, 0.3) is 0 Å². The van der Waals surface area contributed by atoms with Crippen molar-refractivity contribution in [3.8, 4) is 0 Å². The Morgan fingerprint density at radius 2 is 1.97 bits per heavy atom. The highest BCUT2D eigenvalue weighted by atomic mass is 79.9. The molecular weight excluding hydrogens is 489 g/mol. The maximum atomic E-state index is 13.5. The standard InChI is InChI=1S/C19H24BrF3N2O4S/c1-3-29-15-10-12(9-13(15)17(26)25-18(24-2)6-7-18)30(27,28)16-5-4-11(20)8-14(16)19(21,22)23/h4-5,8,12-13,15,24H,3,6-7,9-10H2,1-2H3,(H,25,26)/t12-,13-,15-/m1/s1. The molecule has 0 radical (unpaired) electrons. The van der Waals surface area contributed by atoms with Crippen LogP contribution in [-0.2, 0) is 25.5 Å². The molecule has 0 heterocycles. The molecule has 3 atom stereocenters. The summed E-state index contributed by atoms with van der Waals surface area (Å²) in [6.45, 7) is 1.99. The van der Waals surface area contributed by atoms with Gasteiger partial charge in [0.1, 0.15) is 0 Å². The number of rotatable bonds is 7. The maximum absolute atomic E-state index is 13.5. The van der Waals surface area contributed by atoms with Crippen LogP contribution in [0.1, 0.15) is 38.2 Å². The monoisotopic (exact) mass is 512 g/mol. The van der Waals surface area contributed by atoms with Crippen LogP contribution in [0.15, 0.2) is 27.6 Å². The van der Waals surface area contributed by atoms with Crippen molar-refractivity contribution in [2.24, 2.45) is 5.92 Å². The number of hydrogen-bond donors (Lipinski definition) is 2. The largest absolute Gasteiger partial charge is 0.417 e. The molecule has 0 aliphatic heterocycles. The van der Waals surface area contributed by atoms with E-state index in [0.717, 1.165) is 25.0 Å². The van der Waals surface area contributed by atoms with Crippen LogP contribution in [0, 0.1) is 5.92 Å². The molecule has 0 saturated heterocycles. The third-order valence-corrected chi connectivity index (χ3v) is 8.49. The molecule has 0 bridgehead atoms. The van der Waals surface area contributed by atoms with Gasteiger partial charge in [0.2, 0.25) is 5.91 Å². The van der Waals surface area contributed by atoms with Gasteiger partial charge in [0.25, 0.3) is 0 Å². The van der Waals surface area contributed by atoms with Gasteiger partial charge in [0.15, 0.2) is 9.84 Å². The minimum atomic E-state index is -4.83. The number of hydrogen-bond acceptors (Lipinski definition) is 5. The summed E-state index contributed by atoms with van der Waals surface area (Å²) in [5.41, 5.74) is -1.70. The Labute approximate surface area is 182 Å². The molecule has 1 amide bonds. The fourth-order valence-corrected chi connectivity index (χ4v) is 6.29. The Hall–Kier alpha value is -1.17. The predicted octanol–water partition coefficient (Wildman–Crippen LogP) is 3.25. The molecule has 2 aliphatic carbocycles. The van der Waals surface area contributed by atoms with Crippen molar-refractivity contribution in [3.63, 3.8) is 0 Å². The van der Waals surface area contributed by atoms with Crippen LogP contribution in [0.5, 0.6) is 0 Å². The van der Waals surface area contributed by atoms with Crippen molar-refractivity contribution in [2.45, 2.75) is 60.7 Å². The summed E-state index contributed by atoms with van der Waals surface area (Å²) in [6.07, 6.45) is -4.10. The van der Waals surface area contributed by atoms with Gasteiger partial charge >= 0.3 is 6.18 Å². The van der Waals surface area contributed by atoms with Crippen molar-refractivity contribution in [2.75, 3.05) is 13.7 Å². The molecule has 11 heteroatoms. The van der Waals surface area contributed by atoms with E-state index in [4.69, 9.17) is 4.74 Å². The number of nitrogens with one attached hydrogen (secondary N) is 2. The molecule has 1 aromatic rings. The summed E-state index contributed by atoms with van der Waals surface area (Å²) < 4.78 is 72.6. The highest BCUT2D eigenvalue weighted by Crippen LogP contribution is 2.42. The number of carbonyl (C=O) groups is 1. The number of ether oxygens (including phenoxy) is 1. The molecular formula is C19H24BrF3N2O4S. The molecule has 6 nitrogen and oxygen atoms in total. The van der Waals surface area contributed by atoms with Crippen molar-refractivity contribution in [3.05, 3.63) is 28.2 Å². The average Bonchev–Trinajstić information content (AvgIpc) is 3.29. The summed E-state index contributed by atoms with van der Waals surface area (Å²) in [6, 6.07) is 2.99. The Morgan fingerprint density at radius 1 is 1.30 bits per heavy atom. The maximum Gasteiger partial charge on any atom is 0.417 e. The molecule has 2 aliphatic rings. The van der Waals surface area contributed by atoms with Crippen LogP contribution in [-0.4, -0.2) is 45.0 Å². The fraction of sp³-hybridized carbons (Fsp3) is 0.632. The van der Waals surface area contributed by atoms with Gasteiger partial charge in [-0.1, -0.05) is 15.9 Å². The van der Waals surface area contributed by atoms with E-state index in [1.165, 1.54) is 6.07 Å². The van der Waals surface area contributed by atoms with E-state index in [9.17, 15) is 26.4 Å². The lowest BCUT2D eigenvalue weighted by atomic mass is 10.0. The topological polar surface area (TPSA) is 84.5 Å². The van der Waals surface area contributed by atoms with E-state index in [-0.39, 0.29) is 29.8 Å². The van der Waals surface area contributed by atoms with Crippen molar-refractivity contribution in [1.82, 2.24) is 10.6 Å². The Kier molecular flexibility index (Phi) is 6.58. The molecule has 2 fully saturated rings. The first-order valence-corrected chi connectivity index (χ1v) is 12.0. The summed E-state index contributed by atoms with van der Waals surface area (Å²) in [5.74, 6) is -1.09. The second-order valence-electron chi connectivity index (χ2n) is 7.70. The van der Waals surface area contributed by atoms with Crippen LogP contribution >= 0.6 is 15.9 Å². The number of halogens is 4. The molecule has 0 spiro atoms. The lowest BCUT2D eigenvalue weighted by Crippen LogP contribution is -2.49. The second-order valence-corrected chi connectivity index (χ2v) is 10.8. The number of alkyl halides is 3. The summed E-state index contributed by atoms with van der Waals surface area (Å²) in [5, 5.41) is 4.78. The smallest absolute Gasteiger partial charge is 0.378 e. The van der Waals surface area contributed by atoms with Gasteiger partial charge in [0.05, 0.1) is 33.4 Å². The Morgan fingerprint density at radius 3 is 2.50 bits per heavy atom. The van der Waals surface area contributed by atoms with E-state index < -0.39 is 49.4 Å². The summed E-state index contributed by atoms with van der Waals surface area (Å²) in [4.78, 5) is 12.0.